The average Bonchev–Trinajstić information content (AvgIpc) is 2.65. The molecule has 60 valence electrons. The molecule has 1 aromatic rings. The molecule has 0 aromatic carbocycles. The van der Waals surface area contributed by atoms with Crippen LogP contribution in [0.25, 0.3) is 0 Å². The molecule has 0 saturated heterocycles. The van der Waals surface area contributed by atoms with Crippen molar-refractivity contribution in [2.75, 3.05) is 0 Å². The van der Waals surface area contributed by atoms with Gasteiger partial charge in [-0.3, -0.25) is 4.68 Å². The van der Waals surface area contributed by atoms with Crippen molar-refractivity contribution in [2.24, 2.45) is 13.0 Å². The lowest BCUT2D eigenvalue weighted by Crippen LogP contribution is -1.94. The molecule has 1 saturated carbocycles. The fraction of sp³-hybridized carbons (Fsp3) is 0.667. The van der Waals surface area contributed by atoms with E-state index in [1.165, 1.54) is 30.7 Å². The fourth-order valence-electron chi connectivity index (χ4n) is 1.35. The van der Waals surface area contributed by atoms with Crippen LogP contribution < -0.4 is 0 Å². The van der Waals surface area contributed by atoms with E-state index in [0.717, 1.165) is 5.92 Å². The van der Waals surface area contributed by atoms with Gasteiger partial charge in [0.2, 0.25) is 0 Å². The normalized spacial score (nSPS) is 17.3. The molecule has 11 heavy (non-hydrogen) atoms. The molecule has 1 fully saturated rings. The zero-order valence-corrected chi connectivity index (χ0v) is 7.17. The second kappa shape index (κ2) is 2.36. The predicted octanol–water partition coefficient (Wildman–Crippen LogP) is 1.68. The van der Waals surface area contributed by atoms with E-state index in [4.69, 9.17) is 0 Å². The van der Waals surface area contributed by atoms with E-state index < -0.39 is 0 Å². The highest BCUT2D eigenvalue weighted by Gasteiger charge is 2.22. The van der Waals surface area contributed by atoms with Crippen LogP contribution in [-0.4, -0.2) is 9.78 Å². The summed E-state index contributed by atoms with van der Waals surface area (Å²) in [5, 5.41) is 4.41. The Bertz CT molecular complexity index is 239. The van der Waals surface area contributed by atoms with Gasteiger partial charge in [-0.2, -0.15) is 5.10 Å². The van der Waals surface area contributed by atoms with Gasteiger partial charge in [0.15, 0.2) is 0 Å². The van der Waals surface area contributed by atoms with Gasteiger partial charge >= 0.3 is 0 Å². The molecule has 0 N–H and O–H groups in total. The largest absolute Gasteiger partial charge is 0.273 e. The van der Waals surface area contributed by atoms with Crippen molar-refractivity contribution in [3.63, 3.8) is 0 Å². The molecule has 0 unspecified atom stereocenters. The molecule has 1 aliphatic rings. The Labute approximate surface area is 67.2 Å². The van der Waals surface area contributed by atoms with Crippen LogP contribution in [0.4, 0.5) is 0 Å². The summed E-state index contributed by atoms with van der Waals surface area (Å²) in [7, 11) is 2.01. The van der Waals surface area contributed by atoms with E-state index in [1.807, 2.05) is 11.7 Å². The van der Waals surface area contributed by atoms with Crippen molar-refractivity contribution in [2.45, 2.75) is 26.2 Å². The Balaban J connectivity index is 2.11. The minimum Gasteiger partial charge on any atom is -0.273 e. The molecule has 1 heterocycles. The van der Waals surface area contributed by atoms with Crippen LogP contribution in [0.3, 0.4) is 0 Å². The van der Waals surface area contributed by atoms with Gasteiger partial charge in [-0.25, -0.2) is 0 Å². The highest BCUT2D eigenvalue weighted by Crippen LogP contribution is 2.32. The number of aromatic nitrogens is 2. The maximum absolute atomic E-state index is 4.41. The summed E-state index contributed by atoms with van der Waals surface area (Å²) in [5.41, 5.74) is 2.54. The molecule has 1 aliphatic carbocycles. The summed E-state index contributed by atoms with van der Waals surface area (Å²) in [4.78, 5) is 0. The third-order valence-corrected chi connectivity index (χ3v) is 2.36. The topological polar surface area (TPSA) is 17.8 Å². The Kier molecular flexibility index (Phi) is 1.48. The predicted molar refractivity (Wildman–Crippen MR) is 44.4 cm³/mol. The summed E-state index contributed by atoms with van der Waals surface area (Å²) in [6.07, 6.45) is 4.02. The molecule has 2 nitrogen and oxygen atoms in total. The first kappa shape index (κ1) is 6.89. The quantitative estimate of drug-likeness (QED) is 0.627. The van der Waals surface area contributed by atoms with Crippen LogP contribution in [0, 0.1) is 12.8 Å². The SMILES string of the molecule is Cc1cc(CC2CC2)nn1C. The third-order valence-electron chi connectivity index (χ3n) is 2.36. The molecule has 2 rings (SSSR count). The van der Waals surface area contributed by atoms with Crippen LogP contribution in [0.5, 0.6) is 0 Å². The summed E-state index contributed by atoms with van der Waals surface area (Å²) in [6.45, 7) is 2.10. The molecule has 0 bridgehead atoms. The lowest BCUT2D eigenvalue weighted by molar-refractivity contribution is 0.701. The lowest BCUT2D eigenvalue weighted by atomic mass is 10.2. The smallest absolute Gasteiger partial charge is 0.0630 e. The molecular formula is C9H14N2. The minimum atomic E-state index is 0.948. The van der Waals surface area contributed by atoms with Gasteiger partial charge < -0.3 is 0 Å². The van der Waals surface area contributed by atoms with Crippen molar-refractivity contribution in [1.82, 2.24) is 9.78 Å². The van der Waals surface area contributed by atoms with Crippen LogP contribution in [0.1, 0.15) is 24.2 Å². The van der Waals surface area contributed by atoms with E-state index in [0.29, 0.717) is 0 Å². The van der Waals surface area contributed by atoms with E-state index in [9.17, 15) is 0 Å². The summed E-state index contributed by atoms with van der Waals surface area (Å²) < 4.78 is 1.96. The molecule has 0 aliphatic heterocycles. The monoisotopic (exact) mass is 150 g/mol. The van der Waals surface area contributed by atoms with Crippen molar-refractivity contribution < 1.29 is 0 Å². The van der Waals surface area contributed by atoms with Crippen molar-refractivity contribution in [3.05, 3.63) is 17.5 Å². The molecule has 0 amide bonds. The van der Waals surface area contributed by atoms with Crippen molar-refractivity contribution >= 4 is 0 Å². The zero-order chi connectivity index (χ0) is 7.84. The van der Waals surface area contributed by atoms with E-state index >= 15 is 0 Å². The number of nitrogens with zero attached hydrogens (tertiary/aromatic N) is 2. The second-order valence-corrected chi connectivity index (χ2v) is 3.55. The van der Waals surface area contributed by atoms with E-state index in [-0.39, 0.29) is 0 Å². The van der Waals surface area contributed by atoms with Crippen molar-refractivity contribution in [3.8, 4) is 0 Å². The summed E-state index contributed by atoms with van der Waals surface area (Å²) in [5.74, 6) is 0.948. The van der Waals surface area contributed by atoms with Gasteiger partial charge in [-0.1, -0.05) is 0 Å². The molecule has 0 radical (unpaired) electrons. The summed E-state index contributed by atoms with van der Waals surface area (Å²) >= 11 is 0. The molecule has 1 aromatic heterocycles. The Hall–Kier alpha value is -0.790. The maximum atomic E-state index is 4.41. The van der Waals surface area contributed by atoms with Crippen molar-refractivity contribution in [1.29, 1.82) is 0 Å². The van der Waals surface area contributed by atoms with Gasteiger partial charge in [0.25, 0.3) is 0 Å². The van der Waals surface area contributed by atoms with Crippen LogP contribution in [0.2, 0.25) is 0 Å². The zero-order valence-electron chi connectivity index (χ0n) is 7.17. The highest BCUT2D eigenvalue weighted by molar-refractivity contribution is 5.10. The lowest BCUT2D eigenvalue weighted by Gasteiger charge is -1.90. The first-order valence-electron chi connectivity index (χ1n) is 4.25. The van der Waals surface area contributed by atoms with Gasteiger partial charge in [0.05, 0.1) is 5.69 Å². The van der Waals surface area contributed by atoms with Crippen LogP contribution in [0.15, 0.2) is 6.07 Å². The standard InChI is InChI=1S/C9H14N2/c1-7-5-9(10-11(7)2)6-8-3-4-8/h5,8H,3-4,6H2,1-2H3. The van der Waals surface area contributed by atoms with E-state index in [2.05, 4.69) is 18.1 Å². The second-order valence-electron chi connectivity index (χ2n) is 3.55. The van der Waals surface area contributed by atoms with Gasteiger partial charge in [0.1, 0.15) is 0 Å². The summed E-state index contributed by atoms with van der Waals surface area (Å²) in [6, 6.07) is 2.19. The Morgan fingerprint density at radius 2 is 2.36 bits per heavy atom. The van der Waals surface area contributed by atoms with Crippen LogP contribution >= 0.6 is 0 Å². The van der Waals surface area contributed by atoms with Crippen LogP contribution in [-0.2, 0) is 13.5 Å². The molecule has 0 atom stereocenters. The number of aryl methyl sites for hydroxylation is 2. The molecule has 0 spiro atoms. The molecule has 2 heteroatoms. The fourth-order valence-corrected chi connectivity index (χ4v) is 1.35. The van der Waals surface area contributed by atoms with E-state index in [1.54, 1.807) is 0 Å². The van der Waals surface area contributed by atoms with Gasteiger partial charge in [-0.05, 0) is 38.2 Å². The third kappa shape index (κ3) is 1.44. The van der Waals surface area contributed by atoms with Gasteiger partial charge in [-0.15, -0.1) is 0 Å². The number of rotatable bonds is 2. The first-order chi connectivity index (χ1) is 5.25. The van der Waals surface area contributed by atoms with Gasteiger partial charge in [0, 0.05) is 12.7 Å². The first-order valence-corrected chi connectivity index (χ1v) is 4.25. The number of hydrogen-bond donors (Lipinski definition) is 0. The molecular weight excluding hydrogens is 136 g/mol. The highest BCUT2D eigenvalue weighted by atomic mass is 15.3. The minimum absolute atomic E-state index is 0.948. The number of hydrogen-bond acceptors (Lipinski definition) is 1. The Morgan fingerprint density at radius 1 is 1.64 bits per heavy atom. The maximum Gasteiger partial charge on any atom is 0.0630 e. The Morgan fingerprint density at radius 3 is 2.82 bits per heavy atom. The average molecular weight is 150 g/mol.